The van der Waals surface area contributed by atoms with Crippen molar-refractivity contribution in [3.05, 3.63) is 0 Å². The lowest BCUT2D eigenvalue weighted by Crippen LogP contribution is -2.33. The lowest BCUT2D eigenvalue weighted by atomic mass is 10.2. The zero-order valence-electron chi connectivity index (χ0n) is 12.7. The van der Waals surface area contributed by atoms with Gasteiger partial charge < -0.3 is 10.5 Å². The Hall–Kier alpha value is -1.39. The Morgan fingerprint density at radius 3 is 2.17 bits per heavy atom. The maximum absolute atomic E-state index is 10.7. The number of carbonyl (C=O) groups excluding carboxylic acids is 1. The molecule has 0 amide bonds. The maximum atomic E-state index is 10.7. The fourth-order valence-corrected chi connectivity index (χ4v) is 1.13. The van der Waals surface area contributed by atoms with Crippen molar-refractivity contribution >= 4 is 17.5 Å². The van der Waals surface area contributed by atoms with E-state index in [1.165, 1.54) is 0 Å². The summed E-state index contributed by atoms with van der Waals surface area (Å²) in [6.07, 6.45) is 1.29. The van der Waals surface area contributed by atoms with Gasteiger partial charge in [-0.15, -0.1) is 0 Å². The molecule has 0 aromatic rings. The third-order valence-corrected chi connectivity index (χ3v) is 1.85. The van der Waals surface area contributed by atoms with Gasteiger partial charge >= 0.3 is 0 Å². The number of aliphatic imine (C=N–C) groups is 1. The summed E-state index contributed by atoms with van der Waals surface area (Å²) in [4.78, 5) is 14.9. The number of guanidine groups is 1. The molecule has 0 aliphatic heterocycles. The number of nitrogens with two attached hydrogens (primary N) is 1. The van der Waals surface area contributed by atoms with Crippen molar-refractivity contribution in [1.29, 1.82) is 0 Å². The molecule has 0 aromatic heterocycles. The van der Waals surface area contributed by atoms with Crippen LogP contribution in [0.5, 0.6) is 0 Å². The van der Waals surface area contributed by atoms with E-state index in [1.807, 2.05) is 34.6 Å². The van der Waals surface area contributed by atoms with Crippen LogP contribution in [0.3, 0.4) is 0 Å². The van der Waals surface area contributed by atoms with Crippen molar-refractivity contribution < 1.29 is 4.79 Å². The van der Waals surface area contributed by atoms with Crippen LogP contribution in [0.4, 0.5) is 0 Å². The van der Waals surface area contributed by atoms with Crippen molar-refractivity contribution in [2.45, 2.75) is 54.4 Å². The molecule has 0 aliphatic rings. The number of ketones is 1. The van der Waals surface area contributed by atoms with E-state index in [0.29, 0.717) is 25.5 Å². The van der Waals surface area contributed by atoms with Crippen LogP contribution < -0.4 is 5.73 Å². The lowest BCUT2D eigenvalue weighted by molar-refractivity contribution is -0.117. The van der Waals surface area contributed by atoms with E-state index in [2.05, 4.69) is 10.1 Å². The molecule has 5 nitrogen and oxygen atoms in total. The highest BCUT2D eigenvalue weighted by Crippen LogP contribution is 1.94. The van der Waals surface area contributed by atoms with Gasteiger partial charge in [0.05, 0.1) is 0 Å². The minimum Gasteiger partial charge on any atom is -0.368 e. The van der Waals surface area contributed by atoms with Crippen LogP contribution in [0.25, 0.3) is 0 Å². The molecule has 18 heavy (non-hydrogen) atoms. The van der Waals surface area contributed by atoms with Gasteiger partial charge in [0.25, 0.3) is 0 Å². The first-order valence-corrected chi connectivity index (χ1v) is 6.56. The molecule has 0 aromatic carbocycles. The van der Waals surface area contributed by atoms with Gasteiger partial charge in [-0.3, -0.25) is 4.99 Å². The molecule has 0 atom stereocenters. The standard InChI is InChI=1S/C11H22N4O.C2H6/c1-5-15(14-9(2)3)11(12)13-8-6-7-10(4)16;1-2/h5-8H2,1-4H3,(H2,12,13);1-2H3. The second-order valence-electron chi connectivity index (χ2n) is 3.81. The molecule has 106 valence electrons. The Morgan fingerprint density at radius 2 is 1.78 bits per heavy atom. The summed E-state index contributed by atoms with van der Waals surface area (Å²) in [7, 11) is 0. The van der Waals surface area contributed by atoms with Gasteiger partial charge in [0, 0.05) is 25.2 Å². The molecule has 0 saturated heterocycles. The van der Waals surface area contributed by atoms with E-state index in [9.17, 15) is 4.79 Å². The van der Waals surface area contributed by atoms with E-state index in [4.69, 9.17) is 5.73 Å². The average Bonchev–Trinajstić information content (AvgIpc) is 2.33. The van der Waals surface area contributed by atoms with Gasteiger partial charge in [-0.25, -0.2) is 5.01 Å². The minimum atomic E-state index is 0.184. The fraction of sp³-hybridized carbons (Fsp3) is 0.769. The zero-order valence-corrected chi connectivity index (χ0v) is 12.7. The van der Waals surface area contributed by atoms with Crippen LogP contribution in [0.2, 0.25) is 0 Å². The van der Waals surface area contributed by atoms with E-state index in [1.54, 1.807) is 11.9 Å². The van der Waals surface area contributed by atoms with Gasteiger partial charge in [0.2, 0.25) is 5.96 Å². The van der Waals surface area contributed by atoms with E-state index < -0.39 is 0 Å². The highest BCUT2D eigenvalue weighted by molar-refractivity contribution is 5.83. The molecule has 0 spiro atoms. The molecule has 0 bridgehead atoms. The number of hydrogen-bond acceptors (Lipinski definition) is 3. The van der Waals surface area contributed by atoms with Crippen LogP contribution in [-0.2, 0) is 4.79 Å². The van der Waals surface area contributed by atoms with Gasteiger partial charge in [-0.1, -0.05) is 13.8 Å². The predicted molar refractivity (Wildman–Crippen MR) is 78.9 cm³/mol. The Bertz CT molecular complexity index is 281. The first kappa shape index (κ1) is 19.0. The topological polar surface area (TPSA) is 71.0 Å². The number of nitrogens with zero attached hydrogens (tertiary/aromatic N) is 3. The molecule has 0 fully saturated rings. The van der Waals surface area contributed by atoms with Gasteiger partial charge in [-0.05, 0) is 34.1 Å². The summed E-state index contributed by atoms with van der Waals surface area (Å²) in [5, 5.41) is 5.89. The number of rotatable bonds is 6. The van der Waals surface area contributed by atoms with E-state index in [-0.39, 0.29) is 5.78 Å². The quantitative estimate of drug-likeness (QED) is 0.343. The highest BCUT2D eigenvalue weighted by atomic mass is 16.1. The first-order chi connectivity index (χ1) is 8.47. The van der Waals surface area contributed by atoms with Gasteiger partial charge in [0.15, 0.2) is 0 Å². The number of carbonyl (C=O) groups is 1. The van der Waals surface area contributed by atoms with Crippen LogP contribution in [0.15, 0.2) is 10.1 Å². The molecule has 2 N–H and O–H groups in total. The fourth-order valence-electron chi connectivity index (χ4n) is 1.13. The van der Waals surface area contributed by atoms with Crippen molar-refractivity contribution in [2.24, 2.45) is 15.8 Å². The van der Waals surface area contributed by atoms with E-state index >= 15 is 0 Å². The highest BCUT2D eigenvalue weighted by Gasteiger charge is 2.02. The minimum absolute atomic E-state index is 0.184. The molecule has 0 radical (unpaired) electrons. The summed E-state index contributed by atoms with van der Waals surface area (Å²) in [6.45, 7) is 12.6. The molecule has 5 heteroatoms. The summed E-state index contributed by atoms with van der Waals surface area (Å²) in [5.41, 5.74) is 6.71. The third kappa shape index (κ3) is 11.1. The van der Waals surface area contributed by atoms with Crippen LogP contribution in [-0.4, -0.2) is 35.6 Å². The second-order valence-corrected chi connectivity index (χ2v) is 3.81. The third-order valence-electron chi connectivity index (χ3n) is 1.85. The Labute approximate surface area is 111 Å². The molecule has 0 saturated carbocycles. The van der Waals surface area contributed by atoms with Crippen molar-refractivity contribution in [3.63, 3.8) is 0 Å². The summed E-state index contributed by atoms with van der Waals surface area (Å²) < 4.78 is 0. The van der Waals surface area contributed by atoms with Gasteiger partial charge in [0.1, 0.15) is 5.78 Å². The van der Waals surface area contributed by atoms with Crippen LogP contribution >= 0.6 is 0 Å². The largest absolute Gasteiger partial charge is 0.368 e. The van der Waals surface area contributed by atoms with Crippen molar-refractivity contribution in [3.8, 4) is 0 Å². The van der Waals surface area contributed by atoms with Crippen LogP contribution in [0, 0.1) is 0 Å². The Kier molecular flexibility index (Phi) is 12.7. The zero-order chi connectivity index (χ0) is 14.6. The van der Waals surface area contributed by atoms with E-state index in [0.717, 1.165) is 12.1 Å². The Morgan fingerprint density at radius 1 is 1.22 bits per heavy atom. The Balaban J connectivity index is 0. The average molecular weight is 256 g/mol. The molecular weight excluding hydrogens is 228 g/mol. The number of hydrogen-bond donors (Lipinski definition) is 1. The molecule has 0 heterocycles. The number of Topliss-reactive ketones (excluding diaryl/α,β-unsaturated/α-hetero) is 1. The summed E-state index contributed by atoms with van der Waals surface area (Å²) >= 11 is 0. The van der Waals surface area contributed by atoms with Gasteiger partial charge in [-0.2, -0.15) is 5.10 Å². The molecule has 0 unspecified atom stereocenters. The van der Waals surface area contributed by atoms with Crippen molar-refractivity contribution in [2.75, 3.05) is 13.1 Å². The molecule has 0 rings (SSSR count). The monoisotopic (exact) mass is 256 g/mol. The van der Waals surface area contributed by atoms with Crippen molar-refractivity contribution in [1.82, 2.24) is 5.01 Å². The smallest absolute Gasteiger partial charge is 0.212 e. The molecular formula is C13H28N4O. The first-order valence-electron chi connectivity index (χ1n) is 6.56. The summed E-state index contributed by atoms with van der Waals surface area (Å²) in [5.74, 6) is 0.593. The lowest BCUT2D eigenvalue weighted by Gasteiger charge is -2.16. The summed E-state index contributed by atoms with van der Waals surface area (Å²) in [6, 6.07) is 0. The SMILES string of the molecule is CC.CCN(N=C(C)C)C(N)=NCCCC(C)=O. The second kappa shape index (κ2) is 12.1. The predicted octanol–water partition coefficient (Wildman–Crippen LogP) is 2.41. The van der Waals surface area contributed by atoms with Crippen LogP contribution in [0.1, 0.15) is 54.4 Å². The molecule has 0 aliphatic carbocycles. The number of hydrazone groups is 1. The maximum Gasteiger partial charge on any atom is 0.212 e. The normalized spacial score (nSPS) is 10.2.